The molecule has 23 heavy (non-hydrogen) atoms. The van der Waals surface area contributed by atoms with E-state index in [1.807, 2.05) is 0 Å². The molecule has 1 amide bonds. The van der Waals surface area contributed by atoms with Crippen molar-refractivity contribution in [2.45, 2.75) is 25.2 Å². The number of rotatable bonds is 2. The average molecular weight is 316 g/mol. The Kier molecular flexibility index (Phi) is 3.61. The lowest BCUT2D eigenvalue weighted by Gasteiger charge is -2.18. The number of carbonyl (C=O) groups excluding carboxylic acids is 1. The standard InChI is InChI=1S/C17H17FN2O3/c18-13-2-1-11-3-6-20(15(11)9-13)17(21)14-10-23-16(19-14)12-4-7-22-8-5-12/h1-2,9-10,12H,3-8H2. The fourth-order valence-electron chi connectivity index (χ4n) is 3.22. The van der Waals surface area contributed by atoms with Crippen molar-refractivity contribution in [3.63, 3.8) is 0 Å². The maximum absolute atomic E-state index is 13.5. The lowest BCUT2D eigenvalue weighted by molar-refractivity contribution is 0.0794. The van der Waals surface area contributed by atoms with E-state index in [0.29, 0.717) is 31.3 Å². The summed E-state index contributed by atoms with van der Waals surface area (Å²) in [4.78, 5) is 18.6. The highest BCUT2D eigenvalue weighted by Gasteiger charge is 2.29. The van der Waals surface area contributed by atoms with Crippen molar-refractivity contribution in [1.29, 1.82) is 0 Å². The molecule has 3 heterocycles. The summed E-state index contributed by atoms with van der Waals surface area (Å²) in [5.41, 5.74) is 1.89. The normalized spacial score (nSPS) is 18.2. The SMILES string of the molecule is O=C(c1coc(C2CCOCC2)n1)N1CCc2ccc(F)cc21. The predicted octanol–water partition coefficient (Wildman–Crippen LogP) is 2.91. The Hall–Kier alpha value is -2.21. The molecule has 0 N–H and O–H groups in total. The molecule has 5 nitrogen and oxygen atoms in total. The summed E-state index contributed by atoms with van der Waals surface area (Å²) in [6.45, 7) is 1.92. The molecule has 2 aliphatic heterocycles. The van der Waals surface area contributed by atoms with Crippen LogP contribution in [0.15, 0.2) is 28.9 Å². The third kappa shape index (κ3) is 2.63. The summed E-state index contributed by atoms with van der Waals surface area (Å²) in [5, 5.41) is 0. The molecule has 1 fully saturated rings. The van der Waals surface area contributed by atoms with Crippen LogP contribution in [0.1, 0.15) is 40.7 Å². The number of halogens is 1. The van der Waals surface area contributed by atoms with E-state index in [1.54, 1.807) is 11.0 Å². The number of carbonyl (C=O) groups is 1. The van der Waals surface area contributed by atoms with Crippen LogP contribution >= 0.6 is 0 Å². The molecule has 1 saturated heterocycles. The van der Waals surface area contributed by atoms with Gasteiger partial charge in [-0.3, -0.25) is 4.79 Å². The number of nitrogens with zero attached hydrogens (tertiary/aromatic N) is 2. The zero-order chi connectivity index (χ0) is 15.8. The van der Waals surface area contributed by atoms with Crippen molar-refractivity contribution < 1.29 is 18.3 Å². The van der Waals surface area contributed by atoms with E-state index in [-0.39, 0.29) is 23.3 Å². The monoisotopic (exact) mass is 316 g/mol. The molecule has 0 bridgehead atoms. The first-order valence-corrected chi connectivity index (χ1v) is 7.86. The Labute approximate surface area is 133 Å². The smallest absolute Gasteiger partial charge is 0.280 e. The molecule has 2 aromatic rings. The second-order valence-corrected chi connectivity index (χ2v) is 5.94. The molecule has 0 saturated carbocycles. The molecule has 6 heteroatoms. The molecular weight excluding hydrogens is 299 g/mol. The van der Waals surface area contributed by atoms with E-state index in [9.17, 15) is 9.18 Å². The van der Waals surface area contributed by atoms with Crippen LogP contribution in [0.2, 0.25) is 0 Å². The first kappa shape index (κ1) is 14.4. The minimum Gasteiger partial charge on any atom is -0.448 e. The number of oxazole rings is 1. The summed E-state index contributed by atoms with van der Waals surface area (Å²) in [6.07, 6.45) is 3.84. The second-order valence-electron chi connectivity index (χ2n) is 5.94. The van der Waals surface area contributed by atoms with Gasteiger partial charge < -0.3 is 14.1 Å². The fourth-order valence-corrected chi connectivity index (χ4v) is 3.22. The highest BCUT2D eigenvalue weighted by Crippen LogP contribution is 2.31. The van der Waals surface area contributed by atoms with Gasteiger partial charge in [0.1, 0.15) is 12.1 Å². The molecule has 1 aromatic heterocycles. The average Bonchev–Trinajstić information content (AvgIpc) is 3.22. The van der Waals surface area contributed by atoms with E-state index in [0.717, 1.165) is 24.8 Å². The van der Waals surface area contributed by atoms with Gasteiger partial charge in [0.2, 0.25) is 0 Å². The van der Waals surface area contributed by atoms with Crippen LogP contribution in [-0.4, -0.2) is 30.6 Å². The number of benzene rings is 1. The first-order valence-electron chi connectivity index (χ1n) is 7.86. The van der Waals surface area contributed by atoms with Crippen LogP contribution in [-0.2, 0) is 11.2 Å². The predicted molar refractivity (Wildman–Crippen MR) is 81.1 cm³/mol. The number of anilines is 1. The maximum atomic E-state index is 13.5. The van der Waals surface area contributed by atoms with Crippen molar-refractivity contribution >= 4 is 11.6 Å². The zero-order valence-corrected chi connectivity index (χ0v) is 12.6. The third-order valence-electron chi connectivity index (χ3n) is 4.50. The van der Waals surface area contributed by atoms with Gasteiger partial charge in [-0.15, -0.1) is 0 Å². The Morgan fingerprint density at radius 2 is 2.13 bits per heavy atom. The summed E-state index contributed by atoms with van der Waals surface area (Å²) >= 11 is 0. The highest BCUT2D eigenvalue weighted by molar-refractivity contribution is 6.05. The minimum atomic E-state index is -0.341. The van der Waals surface area contributed by atoms with Gasteiger partial charge in [0.25, 0.3) is 5.91 Å². The van der Waals surface area contributed by atoms with E-state index >= 15 is 0 Å². The number of amides is 1. The van der Waals surface area contributed by atoms with Crippen LogP contribution in [0.3, 0.4) is 0 Å². The van der Waals surface area contributed by atoms with Gasteiger partial charge >= 0.3 is 0 Å². The van der Waals surface area contributed by atoms with Crippen molar-refractivity contribution in [1.82, 2.24) is 4.98 Å². The Morgan fingerprint density at radius 1 is 1.30 bits per heavy atom. The number of fused-ring (bicyclic) bond motifs is 1. The van der Waals surface area contributed by atoms with E-state index < -0.39 is 0 Å². The molecule has 0 radical (unpaired) electrons. The fraction of sp³-hybridized carbons (Fsp3) is 0.412. The Balaban J connectivity index is 1.56. The number of aromatic nitrogens is 1. The molecule has 0 unspecified atom stereocenters. The quantitative estimate of drug-likeness (QED) is 0.855. The molecule has 0 atom stereocenters. The Morgan fingerprint density at radius 3 is 2.96 bits per heavy atom. The molecule has 0 aliphatic carbocycles. The van der Waals surface area contributed by atoms with Crippen LogP contribution in [0.4, 0.5) is 10.1 Å². The van der Waals surface area contributed by atoms with Gasteiger partial charge in [0, 0.05) is 25.7 Å². The minimum absolute atomic E-state index is 0.202. The number of hydrogen-bond donors (Lipinski definition) is 0. The maximum Gasteiger partial charge on any atom is 0.280 e. The third-order valence-corrected chi connectivity index (χ3v) is 4.50. The van der Waals surface area contributed by atoms with Crippen LogP contribution in [0, 0.1) is 5.82 Å². The molecule has 2 aliphatic rings. The largest absolute Gasteiger partial charge is 0.448 e. The topological polar surface area (TPSA) is 55.6 Å². The summed E-state index contributed by atoms with van der Waals surface area (Å²) < 4.78 is 24.3. The van der Waals surface area contributed by atoms with E-state index in [1.165, 1.54) is 18.4 Å². The van der Waals surface area contributed by atoms with Gasteiger partial charge in [-0.25, -0.2) is 9.37 Å². The summed E-state index contributed by atoms with van der Waals surface area (Å²) in [6, 6.07) is 4.56. The van der Waals surface area contributed by atoms with Crippen LogP contribution < -0.4 is 4.90 Å². The lowest BCUT2D eigenvalue weighted by atomic mass is 10.0. The van der Waals surface area contributed by atoms with Crippen LogP contribution in [0.25, 0.3) is 0 Å². The van der Waals surface area contributed by atoms with Gasteiger partial charge in [0.05, 0.1) is 5.69 Å². The Bertz CT molecular complexity index is 737. The van der Waals surface area contributed by atoms with Crippen molar-refractivity contribution in [3.05, 3.63) is 47.4 Å². The number of hydrogen-bond acceptors (Lipinski definition) is 4. The molecule has 4 rings (SSSR count). The second kappa shape index (κ2) is 5.77. The molecule has 120 valence electrons. The van der Waals surface area contributed by atoms with Gasteiger partial charge in [0.15, 0.2) is 11.6 Å². The summed E-state index contributed by atoms with van der Waals surface area (Å²) in [5.74, 6) is 0.215. The first-order chi connectivity index (χ1) is 11.2. The number of ether oxygens (including phenoxy) is 1. The van der Waals surface area contributed by atoms with Crippen LogP contribution in [0.5, 0.6) is 0 Å². The van der Waals surface area contributed by atoms with Gasteiger partial charge in [-0.1, -0.05) is 6.07 Å². The van der Waals surface area contributed by atoms with Crippen molar-refractivity contribution in [2.75, 3.05) is 24.7 Å². The highest BCUT2D eigenvalue weighted by atomic mass is 19.1. The molecule has 1 aromatic carbocycles. The van der Waals surface area contributed by atoms with Gasteiger partial charge in [-0.2, -0.15) is 0 Å². The van der Waals surface area contributed by atoms with E-state index in [2.05, 4.69) is 4.98 Å². The van der Waals surface area contributed by atoms with Gasteiger partial charge in [-0.05, 0) is 37.0 Å². The van der Waals surface area contributed by atoms with Crippen molar-refractivity contribution in [3.8, 4) is 0 Å². The summed E-state index contributed by atoms with van der Waals surface area (Å²) in [7, 11) is 0. The van der Waals surface area contributed by atoms with Crippen molar-refractivity contribution in [2.24, 2.45) is 0 Å². The molecule has 0 spiro atoms. The lowest BCUT2D eigenvalue weighted by Crippen LogP contribution is -2.29. The van der Waals surface area contributed by atoms with E-state index in [4.69, 9.17) is 9.15 Å². The zero-order valence-electron chi connectivity index (χ0n) is 12.6. The molecular formula is C17H17FN2O3.